The highest BCUT2D eigenvalue weighted by Gasteiger charge is 2.33. The second-order valence-corrected chi connectivity index (χ2v) is 11.1. The number of carboxylic acids is 1. The second-order valence-electron chi connectivity index (χ2n) is 8.91. The number of aromatic nitrogens is 1. The fourth-order valence-electron chi connectivity index (χ4n) is 4.71. The van der Waals surface area contributed by atoms with Crippen LogP contribution in [-0.4, -0.2) is 35.4 Å². The van der Waals surface area contributed by atoms with Crippen LogP contribution in [0, 0.1) is 5.82 Å². The lowest BCUT2D eigenvalue weighted by atomic mass is 9.94. The molecular formula is C25H28FNO5S. The summed E-state index contributed by atoms with van der Waals surface area (Å²) in [6.07, 6.45) is 3.86. The van der Waals surface area contributed by atoms with Gasteiger partial charge in [0, 0.05) is 17.6 Å². The van der Waals surface area contributed by atoms with Crippen molar-refractivity contribution in [2.24, 2.45) is 0 Å². The monoisotopic (exact) mass is 473 g/mol. The number of halogens is 1. The topological polar surface area (TPSA) is 85.6 Å². The molecule has 1 aliphatic rings. The van der Waals surface area contributed by atoms with E-state index in [0.29, 0.717) is 47.4 Å². The van der Waals surface area contributed by atoms with Gasteiger partial charge in [-0.15, -0.1) is 0 Å². The maximum atomic E-state index is 13.9. The summed E-state index contributed by atoms with van der Waals surface area (Å²) in [6.45, 7) is 3.83. The summed E-state index contributed by atoms with van der Waals surface area (Å²) in [5.41, 5.74) is 1.29. The number of rotatable bonds is 7. The first-order valence-corrected chi connectivity index (χ1v) is 12.7. The molecule has 0 bridgehead atoms. The number of aliphatic carboxylic acids is 1. The third-order valence-corrected chi connectivity index (χ3v) is 8.50. The minimum absolute atomic E-state index is 0.00915. The van der Waals surface area contributed by atoms with E-state index in [9.17, 15) is 22.7 Å². The van der Waals surface area contributed by atoms with Gasteiger partial charge in [-0.1, -0.05) is 0 Å². The third kappa shape index (κ3) is 4.90. The normalized spacial score (nSPS) is 19.2. The molecule has 2 aromatic carbocycles. The van der Waals surface area contributed by atoms with Gasteiger partial charge < -0.3 is 14.4 Å². The van der Waals surface area contributed by atoms with Crippen LogP contribution in [-0.2, 0) is 21.1 Å². The predicted octanol–water partition coefficient (Wildman–Crippen LogP) is 5.15. The van der Waals surface area contributed by atoms with Gasteiger partial charge in [0.25, 0.3) is 0 Å². The molecular weight excluding hydrogens is 445 g/mol. The molecule has 3 aromatic rings. The standard InChI is InChI=1S/C25H28FNO5S/c1-16(2)32-20-6-10-22(11-7-20)33(30,31)21-8-4-19(5-9-21)27-15-17(13-25(28)29)23-12-3-18(26)14-24(23)27/h3,6-7,10-12,14-16,19,21H,4-5,8-9,13H2,1-2H3,(H,28,29). The first kappa shape index (κ1) is 23.3. The van der Waals surface area contributed by atoms with E-state index >= 15 is 0 Å². The summed E-state index contributed by atoms with van der Waals surface area (Å²) in [4.78, 5) is 11.6. The molecule has 1 aromatic heterocycles. The van der Waals surface area contributed by atoms with Crippen LogP contribution in [0.2, 0.25) is 0 Å². The molecule has 6 nitrogen and oxygen atoms in total. The molecule has 0 radical (unpaired) electrons. The quantitative estimate of drug-likeness (QED) is 0.513. The van der Waals surface area contributed by atoms with Crippen LogP contribution >= 0.6 is 0 Å². The van der Waals surface area contributed by atoms with Crippen molar-refractivity contribution in [3.63, 3.8) is 0 Å². The zero-order valence-corrected chi connectivity index (χ0v) is 19.5. The van der Waals surface area contributed by atoms with Gasteiger partial charge in [0.15, 0.2) is 9.84 Å². The van der Waals surface area contributed by atoms with Gasteiger partial charge in [-0.2, -0.15) is 0 Å². The Labute approximate surface area is 192 Å². The zero-order chi connectivity index (χ0) is 23.8. The molecule has 0 spiro atoms. The van der Waals surface area contributed by atoms with Crippen LogP contribution in [0.4, 0.5) is 4.39 Å². The molecule has 8 heteroatoms. The lowest BCUT2D eigenvalue weighted by Crippen LogP contribution is -2.28. The number of hydrogen-bond donors (Lipinski definition) is 1. The molecule has 1 heterocycles. The summed E-state index contributed by atoms with van der Waals surface area (Å²) in [5, 5.41) is 9.47. The Morgan fingerprint density at radius 1 is 1.12 bits per heavy atom. The zero-order valence-electron chi connectivity index (χ0n) is 18.7. The molecule has 0 aliphatic heterocycles. The van der Waals surface area contributed by atoms with Crippen LogP contribution in [0.25, 0.3) is 10.9 Å². The number of benzene rings is 2. The van der Waals surface area contributed by atoms with Crippen molar-refractivity contribution >= 4 is 26.7 Å². The van der Waals surface area contributed by atoms with E-state index in [1.807, 2.05) is 18.4 Å². The van der Waals surface area contributed by atoms with Crippen molar-refractivity contribution in [1.29, 1.82) is 0 Å². The minimum Gasteiger partial charge on any atom is -0.491 e. The van der Waals surface area contributed by atoms with Crippen LogP contribution in [0.1, 0.15) is 51.1 Å². The largest absolute Gasteiger partial charge is 0.491 e. The summed E-state index contributed by atoms with van der Waals surface area (Å²) < 4.78 is 47.8. The molecule has 33 heavy (non-hydrogen) atoms. The maximum Gasteiger partial charge on any atom is 0.307 e. The Bertz CT molecular complexity index is 1260. The van der Waals surface area contributed by atoms with Crippen molar-refractivity contribution in [3.05, 3.63) is 60.0 Å². The van der Waals surface area contributed by atoms with E-state index < -0.39 is 21.1 Å². The molecule has 1 fully saturated rings. The van der Waals surface area contributed by atoms with E-state index in [2.05, 4.69) is 0 Å². The van der Waals surface area contributed by atoms with Gasteiger partial charge in [0.05, 0.1) is 28.2 Å². The van der Waals surface area contributed by atoms with Gasteiger partial charge in [0.1, 0.15) is 11.6 Å². The lowest BCUT2D eigenvalue weighted by Gasteiger charge is -2.30. The van der Waals surface area contributed by atoms with Gasteiger partial charge >= 0.3 is 5.97 Å². The average molecular weight is 474 g/mol. The summed E-state index contributed by atoms with van der Waals surface area (Å²) in [6, 6.07) is 10.9. The van der Waals surface area contributed by atoms with E-state index in [-0.39, 0.29) is 24.4 Å². The van der Waals surface area contributed by atoms with Gasteiger partial charge in [0.2, 0.25) is 0 Å². The minimum atomic E-state index is -3.48. The van der Waals surface area contributed by atoms with E-state index in [1.54, 1.807) is 36.5 Å². The Hall–Kier alpha value is -2.87. The summed E-state index contributed by atoms with van der Waals surface area (Å²) in [7, 11) is -3.48. The van der Waals surface area contributed by atoms with Crippen molar-refractivity contribution < 1.29 is 27.4 Å². The summed E-state index contributed by atoms with van der Waals surface area (Å²) >= 11 is 0. The average Bonchev–Trinajstić information content (AvgIpc) is 3.10. The number of carboxylic acid groups (broad SMARTS) is 1. The molecule has 0 unspecified atom stereocenters. The molecule has 1 N–H and O–H groups in total. The van der Waals surface area contributed by atoms with Crippen LogP contribution in [0.5, 0.6) is 5.75 Å². The van der Waals surface area contributed by atoms with Gasteiger partial charge in [-0.3, -0.25) is 4.79 Å². The predicted molar refractivity (Wildman–Crippen MR) is 124 cm³/mol. The molecule has 176 valence electrons. The Morgan fingerprint density at radius 3 is 2.39 bits per heavy atom. The van der Waals surface area contributed by atoms with Crippen molar-refractivity contribution in [2.75, 3.05) is 0 Å². The smallest absolute Gasteiger partial charge is 0.307 e. The molecule has 0 saturated heterocycles. The Kier molecular flexibility index (Phi) is 6.47. The number of ether oxygens (including phenoxy) is 1. The first-order chi connectivity index (χ1) is 15.6. The van der Waals surface area contributed by atoms with E-state index in [4.69, 9.17) is 4.74 Å². The van der Waals surface area contributed by atoms with Crippen molar-refractivity contribution in [3.8, 4) is 5.75 Å². The SMILES string of the molecule is CC(C)Oc1ccc(S(=O)(=O)C2CCC(n3cc(CC(=O)O)c4ccc(F)cc43)CC2)cc1. The third-order valence-electron chi connectivity index (χ3n) is 6.22. The number of sulfone groups is 1. The number of carbonyl (C=O) groups is 1. The highest BCUT2D eigenvalue weighted by Crippen LogP contribution is 2.37. The highest BCUT2D eigenvalue weighted by molar-refractivity contribution is 7.92. The van der Waals surface area contributed by atoms with Crippen LogP contribution in [0.15, 0.2) is 53.6 Å². The molecule has 0 atom stereocenters. The van der Waals surface area contributed by atoms with Crippen molar-refractivity contribution in [1.82, 2.24) is 4.57 Å². The second kappa shape index (κ2) is 9.17. The molecule has 0 amide bonds. The Morgan fingerprint density at radius 2 is 1.79 bits per heavy atom. The molecule has 1 saturated carbocycles. The molecule has 1 aliphatic carbocycles. The number of nitrogens with zero attached hydrogens (tertiary/aromatic N) is 1. The molecule has 4 rings (SSSR count). The first-order valence-electron chi connectivity index (χ1n) is 11.2. The van der Waals surface area contributed by atoms with Crippen LogP contribution in [0.3, 0.4) is 0 Å². The fraction of sp³-hybridized carbons (Fsp3) is 0.400. The van der Waals surface area contributed by atoms with E-state index in [0.717, 1.165) is 5.39 Å². The highest BCUT2D eigenvalue weighted by atomic mass is 32.2. The fourth-order valence-corrected chi connectivity index (χ4v) is 6.50. The van der Waals surface area contributed by atoms with E-state index in [1.165, 1.54) is 12.1 Å². The maximum absolute atomic E-state index is 13.9. The lowest BCUT2D eigenvalue weighted by molar-refractivity contribution is -0.136. The van der Waals surface area contributed by atoms with Crippen LogP contribution < -0.4 is 4.74 Å². The number of fused-ring (bicyclic) bond motifs is 1. The number of hydrogen-bond acceptors (Lipinski definition) is 4. The van der Waals surface area contributed by atoms with Gasteiger partial charge in [-0.25, -0.2) is 12.8 Å². The van der Waals surface area contributed by atoms with Crippen molar-refractivity contribution in [2.45, 2.75) is 68.2 Å². The summed E-state index contributed by atoms with van der Waals surface area (Å²) in [5.74, 6) is -0.695. The van der Waals surface area contributed by atoms with Gasteiger partial charge in [-0.05, 0) is 87.6 Å². The Balaban J connectivity index is 1.52.